The number of hydrogen-bond donors (Lipinski definition) is 1. The van der Waals surface area contributed by atoms with E-state index in [2.05, 4.69) is 4.98 Å². The van der Waals surface area contributed by atoms with Gasteiger partial charge in [-0.2, -0.15) is 0 Å². The van der Waals surface area contributed by atoms with Crippen molar-refractivity contribution >= 4 is 5.97 Å². The lowest BCUT2D eigenvalue weighted by Gasteiger charge is -2.09. The Bertz CT molecular complexity index is 613. The van der Waals surface area contributed by atoms with Gasteiger partial charge in [-0.3, -0.25) is 0 Å². The van der Waals surface area contributed by atoms with Gasteiger partial charge in [0.25, 0.3) is 0 Å². The highest BCUT2D eigenvalue weighted by atomic mass is 19.1. The molecule has 1 N–H and O–H groups in total. The third kappa shape index (κ3) is 3.07. The first kappa shape index (κ1) is 13.0. The fourth-order valence-corrected chi connectivity index (χ4v) is 1.58. The first-order chi connectivity index (χ1) is 9.08. The van der Waals surface area contributed by atoms with Crippen LogP contribution in [-0.4, -0.2) is 16.1 Å². The summed E-state index contributed by atoms with van der Waals surface area (Å²) in [6.45, 7) is 1.64. The zero-order valence-corrected chi connectivity index (χ0v) is 10.3. The Morgan fingerprint density at radius 1 is 1.32 bits per heavy atom. The van der Waals surface area contributed by atoms with Crippen molar-refractivity contribution < 1.29 is 19.0 Å². The van der Waals surface area contributed by atoms with Crippen molar-refractivity contribution in [2.45, 2.75) is 13.5 Å². The molecule has 0 fully saturated rings. The average Bonchev–Trinajstić information content (AvgIpc) is 2.38. The van der Waals surface area contributed by atoms with Gasteiger partial charge in [-0.1, -0.05) is 18.2 Å². The van der Waals surface area contributed by atoms with E-state index in [-0.39, 0.29) is 23.9 Å². The predicted octanol–water partition coefficient (Wildman–Crippen LogP) is 2.81. The van der Waals surface area contributed by atoms with Crippen LogP contribution in [0.15, 0.2) is 36.4 Å². The molecule has 0 spiro atoms. The highest BCUT2D eigenvalue weighted by Gasteiger charge is 2.14. The molecule has 0 saturated heterocycles. The molecule has 0 aliphatic rings. The van der Waals surface area contributed by atoms with Gasteiger partial charge in [0.1, 0.15) is 12.4 Å². The minimum absolute atomic E-state index is 0.0440. The summed E-state index contributed by atoms with van der Waals surface area (Å²) in [6, 6.07) is 9.33. The first-order valence-corrected chi connectivity index (χ1v) is 5.65. The number of aromatic nitrogens is 1. The average molecular weight is 261 g/mol. The number of aromatic carboxylic acids is 1. The van der Waals surface area contributed by atoms with Crippen molar-refractivity contribution in [1.82, 2.24) is 4.98 Å². The zero-order valence-electron chi connectivity index (χ0n) is 10.3. The van der Waals surface area contributed by atoms with Crippen LogP contribution >= 0.6 is 0 Å². The maximum absolute atomic E-state index is 13.4. The largest absolute Gasteiger partial charge is 0.486 e. The van der Waals surface area contributed by atoms with E-state index in [0.29, 0.717) is 11.3 Å². The normalized spacial score (nSPS) is 10.2. The molecule has 4 nitrogen and oxygen atoms in total. The second-order valence-corrected chi connectivity index (χ2v) is 3.98. The Balaban J connectivity index is 2.20. The monoisotopic (exact) mass is 261 g/mol. The quantitative estimate of drug-likeness (QED) is 0.919. The maximum Gasteiger partial charge on any atom is 0.358 e. The lowest BCUT2D eigenvalue weighted by Crippen LogP contribution is -2.07. The molecule has 0 radical (unpaired) electrons. The van der Waals surface area contributed by atoms with Crippen molar-refractivity contribution in [1.29, 1.82) is 0 Å². The van der Waals surface area contributed by atoms with Gasteiger partial charge >= 0.3 is 5.97 Å². The van der Waals surface area contributed by atoms with Gasteiger partial charge in [-0.25, -0.2) is 14.2 Å². The van der Waals surface area contributed by atoms with E-state index in [1.54, 1.807) is 31.2 Å². The van der Waals surface area contributed by atoms with Crippen LogP contribution in [0.25, 0.3) is 0 Å². The molecule has 19 heavy (non-hydrogen) atoms. The number of nitrogens with zero attached hydrogens (tertiary/aromatic N) is 1. The van der Waals surface area contributed by atoms with E-state index in [1.807, 2.05) is 0 Å². The van der Waals surface area contributed by atoms with Gasteiger partial charge in [-0.05, 0) is 25.1 Å². The van der Waals surface area contributed by atoms with Crippen molar-refractivity contribution in [2.75, 3.05) is 0 Å². The standard InChI is InChI=1S/C14H12FNO3/c1-9-6-7-12(13(16-9)14(17)18)19-8-10-4-2-3-5-11(10)15/h2-7H,8H2,1H3,(H,17,18). The van der Waals surface area contributed by atoms with Crippen molar-refractivity contribution in [3.8, 4) is 5.75 Å². The summed E-state index contributed by atoms with van der Waals surface area (Å²) in [5, 5.41) is 9.03. The van der Waals surface area contributed by atoms with Gasteiger partial charge in [0.2, 0.25) is 0 Å². The number of carboxylic acid groups (broad SMARTS) is 1. The number of halogens is 1. The summed E-state index contributed by atoms with van der Waals surface area (Å²) in [4.78, 5) is 14.9. The fraction of sp³-hybridized carbons (Fsp3) is 0.143. The molecule has 5 heteroatoms. The lowest BCUT2D eigenvalue weighted by molar-refractivity contribution is 0.0684. The second-order valence-electron chi connectivity index (χ2n) is 3.98. The molecule has 0 aliphatic carbocycles. The highest BCUT2D eigenvalue weighted by molar-refractivity contribution is 5.88. The second kappa shape index (κ2) is 5.48. The fourth-order valence-electron chi connectivity index (χ4n) is 1.58. The number of aryl methyl sites for hydroxylation is 1. The van der Waals surface area contributed by atoms with Crippen LogP contribution in [0.3, 0.4) is 0 Å². The van der Waals surface area contributed by atoms with Crippen LogP contribution in [0.2, 0.25) is 0 Å². The topological polar surface area (TPSA) is 59.4 Å². The van der Waals surface area contributed by atoms with E-state index in [9.17, 15) is 9.18 Å². The molecular weight excluding hydrogens is 249 g/mol. The number of pyridine rings is 1. The van der Waals surface area contributed by atoms with Crippen molar-refractivity contribution in [3.63, 3.8) is 0 Å². The number of rotatable bonds is 4. The van der Waals surface area contributed by atoms with E-state index in [1.165, 1.54) is 12.1 Å². The molecule has 0 unspecified atom stereocenters. The summed E-state index contributed by atoms with van der Waals surface area (Å²) in [6.07, 6.45) is 0. The summed E-state index contributed by atoms with van der Waals surface area (Å²) in [5.41, 5.74) is 0.770. The predicted molar refractivity (Wildman–Crippen MR) is 66.7 cm³/mol. The molecule has 0 saturated carbocycles. The molecule has 98 valence electrons. The summed E-state index contributed by atoms with van der Waals surface area (Å²) in [7, 11) is 0. The third-order valence-electron chi connectivity index (χ3n) is 2.54. The minimum atomic E-state index is -1.17. The molecule has 2 rings (SSSR count). The molecule has 0 aliphatic heterocycles. The molecule has 0 atom stereocenters. The van der Waals surface area contributed by atoms with Crippen LogP contribution in [0.5, 0.6) is 5.75 Å². The molecule has 2 aromatic rings. The third-order valence-corrected chi connectivity index (χ3v) is 2.54. The molecule has 0 bridgehead atoms. The van der Waals surface area contributed by atoms with E-state index in [4.69, 9.17) is 9.84 Å². The van der Waals surface area contributed by atoms with E-state index in [0.717, 1.165) is 0 Å². The summed E-state index contributed by atoms with van der Waals surface area (Å²) < 4.78 is 18.7. The minimum Gasteiger partial charge on any atom is -0.486 e. The van der Waals surface area contributed by atoms with Crippen LogP contribution in [-0.2, 0) is 6.61 Å². The van der Waals surface area contributed by atoms with Crippen LogP contribution in [0.4, 0.5) is 4.39 Å². The van der Waals surface area contributed by atoms with Gasteiger partial charge in [0, 0.05) is 11.3 Å². The number of benzene rings is 1. The molecule has 0 amide bonds. The summed E-state index contributed by atoms with van der Waals surface area (Å²) >= 11 is 0. The molecule has 1 aromatic heterocycles. The van der Waals surface area contributed by atoms with Crippen molar-refractivity contribution in [2.24, 2.45) is 0 Å². The van der Waals surface area contributed by atoms with Crippen LogP contribution in [0, 0.1) is 12.7 Å². The highest BCUT2D eigenvalue weighted by Crippen LogP contribution is 2.19. The van der Waals surface area contributed by atoms with Gasteiger partial charge in [0.05, 0.1) is 0 Å². The van der Waals surface area contributed by atoms with Gasteiger partial charge in [0.15, 0.2) is 11.4 Å². The molecule has 1 heterocycles. The Morgan fingerprint density at radius 2 is 2.05 bits per heavy atom. The Kier molecular flexibility index (Phi) is 3.75. The van der Waals surface area contributed by atoms with E-state index >= 15 is 0 Å². The van der Waals surface area contributed by atoms with Gasteiger partial charge < -0.3 is 9.84 Å². The molecular formula is C14H12FNO3. The van der Waals surface area contributed by atoms with Gasteiger partial charge in [-0.15, -0.1) is 0 Å². The van der Waals surface area contributed by atoms with Crippen LogP contribution in [0.1, 0.15) is 21.7 Å². The Labute approximate surface area is 109 Å². The maximum atomic E-state index is 13.4. The lowest BCUT2D eigenvalue weighted by atomic mass is 10.2. The number of ether oxygens (including phenoxy) is 1. The zero-order chi connectivity index (χ0) is 13.8. The summed E-state index contributed by atoms with van der Waals surface area (Å²) in [5.74, 6) is -1.44. The van der Waals surface area contributed by atoms with E-state index < -0.39 is 5.97 Å². The molecule has 1 aromatic carbocycles. The SMILES string of the molecule is Cc1ccc(OCc2ccccc2F)c(C(=O)O)n1. The number of carbonyl (C=O) groups is 1. The smallest absolute Gasteiger partial charge is 0.358 e. The Morgan fingerprint density at radius 3 is 2.74 bits per heavy atom. The number of hydrogen-bond acceptors (Lipinski definition) is 3. The van der Waals surface area contributed by atoms with Crippen molar-refractivity contribution in [3.05, 3.63) is 59.2 Å². The Hall–Kier alpha value is -2.43. The first-order valence-electron chi connectivity index (χ1n) is 5.65. The number of carboxylic acids is 1. The van der Waals surface area contributed by atoms with Crippen LogP contribution < -0.4 is 4.74 Å².